The van der Waals surface area contributed by atoms with Crippen molar-refractivity contribution in [2.45, 2.75) is 0 Å². The average Bonchev–Trinajstić information content (AvgIpc) is 3.38. The first-order chi connectivity index (χ1) is 14.1. The monoisotopic (exact) mass is 405 g/mol. The third kappa shape index (κ3) is 3.56. The number of nitrogens with one attached hydrogen (secondary N) is 1. The van der Waals surface area contributed by atoms with Gasteiger partial charge < -0.3 is 18.9 Å². The van der Waals surface area contributed by atoms with Crippen LogP contribution in [0.4, 0.5) is 0 Å². The molecule has 0 saturated carbocycles. The Morgan fingerprint density at radius 3 is 2.66 bits per heavy atom. The van der Waals surface area contributed by atoms with Gasteiger partial charge in [0.15, 0.2) is 0 Å². The number of ether oxygens (including phenoxy) is 2. The molecule has 2 heterocycles. The van der Waals surface area contributed by atoms with E-state index < -0.39 is 0 Å². The molecule has 0 unspecified atom stereocenters. The summed E-state index contributed by atoms with van der Waals surface area (Å²) < 4.78 is 16.6. The summed E-state index contributed by atoms with van der Waals surface area (Å²) in [6.45, 7) is 0. The quantitative estimate of drug-likeness (QED) is 0.439. The van der Waals surface area contributed by atoms with Gasteiger partial charge in [0.2, 0.25) is 0 Å². The van der Waals surface area contributed by atoms with Crippen LogP contribution >= 0.6 is 11.6 Å². The van der Waals surface area contributed by atoms with E-state index in [0.29, 0.717) is 45.0 Å². The van der Waals surface area contributed by atoms with Gasteiger partial charge in [-0.05, 0) is 30.3 Å². The molecule has 0 aliphatic rings. The van der Waals surface area contributed by atoms with Crippen molar-refractivity contribution in [1.29, 1.82) is 5.26 Å². The van der Waals surface area contributed by atoms with Crippen LogP contribution in [-0.4, -0.2) is 24.2 Å². The summed E-state index contributed by atoms with van der Waals surface area (Å²) in [5, 5.41) is 10.0. The molecule has 6 nitrogen and oxygen atoms in total. The van der Waals surface area contributed by atoms with Crippen LogP contribution in [0.15, 0.2) is 52.9 Å². The molecule has 0 aliphatic carbocycles. The Morgan fingerprint density at radius 2 is 1.93 bits per heavy atom. The minimum atomic E-state index is 0.364. The Hall–Kier alpha value is -3.69. The molecule has 0 amide bonds. The topological polar surface area (TPSA) is 84.1 Å². The van der Waals surface area contributed by atoms with Crippen molar-refractivity contribution in [3.8, 4) is 28.9 Å². The number of benzene rings is 2. The number of methoxy groups -OCH3 is 2. The Kier molecular flexibility index (Phi) is 4.98. The molecule has 7 heteroatoms. The van der Waals surface area contributed by atoms with Crippen molar-refractivity contribution < 1.29 is 13.9 Å². The van der Waals surface area contributed by atoms with E-state index in [1.165, 1.54) is 0 Å². The third-order valence-corrected chi connectivity index (χ3v) is 4.71. The van der Waals surface area contributed by atoms with Gasteiger partial charge in [0.1, 0.15) is 34.9 Å². The van der Waals surface area contributed by atoms with Gasteiger partial charge in [0.05, 0.1) is 41.4 Å². The van der Waals surface area contributed by atoms with E-state index in [1.54, 1.807) is 44.6 Å². The van der Waals surface area contributed by atoms with Gasteiger partial charge in [0.25, 0.3) is 0 Å². The normalized spacial score (nSPS) is 11.4. The van der Waals surface area contributed by atoms with Gasteiger partial charge in [-0.2, -0.15) is 5.26 Å². The molecule has 4 rings (SSSR count). The summed E-state index contributed by atoms with van der Waals surface area (Å²) in [5.74, 6) is 2.62. The molecule has 0 atom stereocenters. The highest BCUT2D eigenvalue weighted by Crippen LogP contribution is 2.39. The fourth-order valence-corrected chi connectivity index (χ4v) is 3.24. The number of nitriles is 1. The van der Waals surface area contributed by atoms with Crippen LogP contribution in [0, 0.1) is 11.3 Å². The Balaban J connectivity index is 1.73. The number of allylic oxidation sites excluding steroid dienone is 1. The summed E-state index contributed by atoms with van der Waals surface area (Å²) in [4.78, 5) is 7.62. The van der Waals surface area contributed by atoms with Crippen LogP contribution in [0.25, 0.3) is 34.0 Å². The Bertz CT molecular complexity index is 1230. The van der Waals surface area contributed by atoms with Crippen LogP contribution < -0.4 is 9.47 Å². The minimum Gasteiger partial charge on any atom is -0.496 e. The highest BCUT2D eigenvalue weighted by atomic mass is 35.5. The van der Waals surface area contributed by atoms with Crippen molar-refractivity contribution >= 4 is 34.3 Å². The molecule has 0 aliphatic heterocycles. The van der Waals surface area contributed by atoms with E-state index in [-0.39, 0.29) is 0 Å². The zero-order valence-corrected chi connectivity index (χ0v) is 16.4. The summed E-state index contributed by atoms with van der Waals surface area (Å²) in [6, 6.07) is 16.8. The summed E-state index contributed by atoms with van der Waals surface area (Å²) in [5.41, 5.74) is 2.71. The molecule has 1 N–H and O–H groups in total. The van der Waals surface area contributed by atoms with Gasteiger partial charge in [0, 0.05) is 12.1 Å². The fourth-order valence-electron chi connectivity index (χ4n) is 3.00. The summed E-state index contributed by atoms with van der Waals surface area (Å²) >= 11 is 6.17. The van der Waals surface area contributed by atoms with Crippen molar-refractivity contribution in [2.75, 3.05) is 14.2 Å². The van der Waals surface area contributed by atoms with Gasteiger partial charge in [-0.25, -0.2) is 4.98 Å². The molecule has 29 heavy (non-hydrogen) atoms. The van der Waals surface area contributed by atoms with Crippen LogP contribution in [0.2, 0.25) is 5.02 Å². The standard InChI is InChI=1S/C22H16ClN3O3/c1-27-20-11-16(23)21(28-2)10-15(20)19-8-7-14(29-19)9-13(12-24)22-25-17-5-3-4-6-18(17)26-22/h3-11H,1-2H3,(H,25,26)/b13-9+. The molecule has 4 aromatic rings. The van der Waals surface area contributed by atoms with E-state index in [2.05, 4.69) is 16.0 Å². The SMILES string of the molecule is COc1cc(-c2ccc(/C=C(\C#N)c3nc4ccccc4[nH]3)o2)c(OC)cc1Cl. The number of aromatic nitrogens is 2. The number of hydrogen-bond acceptors (Lipinski definition) is 5. The molecule has 0 fully saturated rings. The minimum absolute atomic E-state index is 0.364. The maximum Gasteiger partial charge on any atom is 0.149 e. The molecule has 2 aromatic heterocycles. The van der Waals surface area contributed by atoms with Crippen molar-refractivity contribution in [3.05, 3.63) is 65.1 Å². The maximum atomic E-state index is 9.60. The van der Waals surface area contributed by atoms with Crippen LogP contribution in [0.1, 0.15) is 11.6 Å². The fraction of sp³-hybridized carbons (Fsp3) is 0.0909. The average molecular weight is 406 g/mol. The number of H-pyrrole nitrogens is 1. The number of fused-ring (bicyclic) bond motifs is 1. The second-order valence-electron chi connectivity index (χ2n) is 6.16. The molecule has 0 bridgehead atoms. The predicted octanol–water partition coefficient (Wildman–Crippen LogP) is 5.56. The molecule has 0 radical (unpaired) electrons. The second kappa shape index (κ2) is 7.74. The van der Waals surface area contributed by atoms with Crippen molar-refractivity contribution in [1.82, 2.24) is 9.97 Å². The molecule has 0 saturated heterocycles. The van der Waals surface area contributed by atoms with Crippen molar-refractivity contribution in [3.63, 3.8) is 0 Å². The zero-order chi connectivity index (χ0) is 20.4. The van der Waals surface area contributed by atoms with E-state index in [4.69, 9.17) is 25.5 Å². The predicted molar refractivity (Wildman–Crippen MR) is 112 cm³/mol. The molecule has 144 valence electrons. The van der Waals surface area contributed by atoms with Gasteiger partial charge in [-0.1, -0.05) is 23.7 Å². The number of imidazole rings is 1. The number of para-hydroxylation sites is 2. The maximum absolute atomic E-state index is 9.60. The number of nitrogens with zero attached hydrogens (tertiary/aromatic N) is 2. The Labute approximate surface area is 172 Å². The van der Waals surface area contributed by atoms with Crippen LogP contribution in [-0.2, 0) is 0 Å². The van der Waals surface area contributed by atoms with E-state index in [0.717, 1.165) is 11.0 Å². The van der Waals surface area contributed by atoms with E-state index in [1.807, 2.05) is 24.3 Å². The highest BCUT2D eigenvalue weighted by Gasteiger charge is 2.15. The number of rotatable bonds is 5. The highest BCUT2D eigenvalue weighted by molar-refractivity contribution is 6.32. The number of hydrogen-bond donors (Lipinski definition) is 1. The largest absolute Gasteiger partial charge is 0.496 e. The van der Waals surface area contributed by atoms with Gasteiger partial charge in [-0.3, -0.25) is 0 Å². The molecule has 0 spiro atoms. The van der Waals surface area contributed by atoms with Crippen LogP contribution in [0.3, 0.4) is 0 Å². The summed E-state index contributed by atoms with van der Waals surface area (Å²) in [7, 11) is 3.10. The number of aromatic amines is 1. The smallest absolute Gasteiger partial charge is 0.149 e. The lowest BCUT2D eigenvalue weighted by Crippen LogP contribution is -1.91. The Morgan fingerprint density at radius 1 is 1.14 bits per heavy atom. The van der Waals surface area contributed by atoms with Crippen LogP contribution in [0.5, 0.6) is 11.5 Å². The molecular weight excluding hydrogens is 390 g/mol. The number of furan rings is 1. The van der Waals surface area contributed by atoms with E-state index in [9.17, 15) is 5.26 Å². The van der Waals surface area contributed by atoms with E-state index >= 15 is 0 Å². The second-order valence-corrected chi connectivity index (χ2v) is 6.57. The van der Waals surface area contributed by atoms with Gasteiger partial charge >= 0.3 is 0 Å². The van der Waals surface area contributed by atoms with Crippen molar-refractivity contribution in [2.24, 2.45) is 0 Å². The first kappa shape index (κ1) is 18.7. The lowest BCUT2D eigenvalue weighted by Gasteiger charge is -2.10. The molecular formula is C22H16ClN3O3. The first-order valence-electron chi connectivity index (χ1n) is 8.71. The molecule has 2 aromatic carbocycles. The zero-order valence-electron chi connectivity index (χ0n) is 15.7. The number of halogens is 1. The first-order valence-corrected chi connectivity index (χ1v) is 9.09. The lowest BCUT2D eigenvalue weighted by atomic mass is 10.1. The third-order valence-electron chi connectivity index (χ3n) is 4.42. The van der Waals surface area contributed by atoms with Gasteiger partial charge in [-0.15, -0.1) is 0 Å². The summed E-state index contributed by atoms with van der Waals surface area (Å²) in [6.07, 6.45) is 1.64. The lowest BCUT2D eigenvalue weighted by molar-refractivity contribution is 0.403.